The molecule has 0 aromatic carbocycles. The van der Waals surface area contributed by atoms with E-state index in [1.54, 1.807) is 12.3 Å². The third kappa shape index (κ3) is 3.13. The molecule has 1 heterocycles. The molecule has 1 atom stereocenters. The zero-order chi connectivity index (χ0) is 13.1. The van der Waals surface area contributed by atoms with Gasteiger partial charge in [0.25, 0.3) is 0 Å². The molecule has 1 unspecified atom stereocenters. The first-order chi connectivity index (χ1) is 7.90. The lowest BCUT2D eigenvalue weighted by Gasteiger charge is -2.18. The fourth-order valence-electron chi connectivity index (χ4n) is 1.50. The van der Waals surface area contributed by atoms with Crippen LogP contribution in [0.3, 0.4) is 0 Å². The van der Waals surface area contributed by atoms with Crippen molar-refractivity contribution in [3.05, 3.63) is 29.6 Å². The molecular weight excluding hydrogens is 212 g/mol. The lowest BCUT2D eigenvalue weighted by Crippen LogP contribution is -2.16. The second-order valence-electron chi connectivity index (χ2n) is 5.14. The van der Waals surface area contributed by atoms with Crippen molar-refractivity contribution < 1.29 is 4.79 Å². The third-order valence-corrected chi connectivity index (χ3v) is 2.76. The van der Waals surface area contributed by atoms with Gasteiger partial charge in [0.15, 0.2) is 5.78 Å². The second-order valence-corrected chi connectivity index (χ2v) is 5.14. The summed E-state index contributed by atoms with van der Waals surface area (Å²) in [5, 5.41) is 8.84. The Balaban J connectivity index is 2.96. The van der Waals surface area contributed by atoms with Gasteiger partial charge in [-0.3, -0.25) is 9.78 Å². The largest absolute Gasteiger partial charge is 0.291 e. The summed E-state index contributed by atoms with van der Waals surface area (Å²) in [6.07, 6.45) is 2.25. The highest BCUT2D eigenvalue weighted by molar-refractivity contribution is 5.97. The molecule has 0 bridgehead atoms. The Kier molecular flexibility index (Phi) is 4.01. The number of Topliss-reactive ketones (excluding diaryl/α,β-unsaturated/α-hetero) is 1. The van der Waals surface area contributed by atoms with Crippen LogP contribution in [0.2, 0.25) is 0 Å². The highest BCUT2D eigenvalue weighted by atomic mass is 16.1. The van der Waals surface area contributed by atoms with Gasteiger partial charge in [-0.15, -0.1) is 0 Å². The number of hydrogen-bond acceptors (Lipinski definition) is 3. The predicted molar refractivity (Wildman–Crippen MR) is 66.7 cm³/mol. The second kappa shape index (κ2) is 5.09. The topological polar surface area (TPSA) is 53.8 Å². The smallest absolute Gasteiger partial charge is 0.198 e. The molecule has 17 heavy (non-hydrogen) atoms. The van der Waals surface area contributed by atoms with E-state index < -0.39 is 5.92 Å². The summed E-state index contributed by atoms with van der Waals surface area (Å²) in [5.74, 6) is -0.765. The summed E-state index contributed by atoms with van der Waals surface area (Å²) < 4.78 is 0. The van der Waals surface area contributed by atoms with Crippen LogP contribution in [0.5, 0.6) is 0 Å². The number of carbonyl (C=O) groups excluding carboxylic acids is 1. The summed E-state index contributed by atoms with van der Waals surface area (Å²) in [5.41, 5.74) is 1.49. The van der Waals surface area contributed by atoms with Crippen LogP contribution in [0.4, 0.5) is 0 Å². The summed E-state index contributed by atoms with van der Waals surface area (Å²) in [7, 11) is 0. The van der Waals surface area contributed by atoms with Gasteiger partial charge in [0.1, 0.15) is 11.6 Å². The first-order valence-corrected chi connectivity index (χ1v) is 5.80. The maximum absolute atomic E-state index is 11.9. The van der Waals surface area contributed by atoms with E-state index in [0.717, 1.165) is 5.56 Å². The van der Waals surface area contributed by atoms with Gasteiger partial charge in [0.05, 0.1) is 6.07 Å². The Labute approximate surface area is 102 Å². The summed E-state index contributed by atoms with van der Waals surface area (Å²) >= 11 is 0. The molecule has 0 saturated heterocycles. The number of ketones is 1. The zero-order valence-corrected chi connectivity index (χ0v) is 10.8. The molecule has 0 aliphatic carbocycles. The molecule has 90 valence electrons. The van der Waals surface area contributed by atoms with Crippen LogP contribution >= 0.6 is 0 Å². The van der Waals surface area contributed by atoms with Gasteiger partial charge in [-0.25, -0.2) is 0 Å². The monoisotopic (exact) mass is 230 g/mol. The minimum Gasteiger partial charge on any atom is -0.291 e. The molecular formula is C14H18N2O. The van der Waals surface area contributed by atoms with Gasteiger partial charge in [-0.2, -0.15) is 5.26 Å². The summed E-state index contributed by atoms with van der Waals surface area (Å²) in [4.78, 5) is 16.0. The van der Waals surface area contributed by atoms with Crippen molar-refractivity contribution in [2.45, 2.75) is 39.5 Å². The molecule has 1 aromatic heterocycles. The van der Waals surface area contributed by atoms with E-state index >= 15 is 0 Å². The number of pyridine rings is 1. The number of aromatic nitrogens is 1. The van der Waals surface area contributed by atoms with Crippen LogP contribution in [-0.2, 0) is 5.41 Å². The molecule has 0 fully saturated rings. The highest BCUT2D eigenvalue weighted by Crippen LogP contribution is 2.21. The predicted octanol–water partition coefficient (Wildman–Crippen LogP) is 3.11. The lowest BCUT2D eigenvalue weighted by molar-refractivity contribution is 0.0941. The Hall–Kier alpha value is -1.69. The van der Waals surface area contributed by atoms with E-state index in [-0.39, 0.29) is 11.2 Å². The van der Waals surface area contributed by atoms with Gasteiger partial charge in [-0.05, 0) is 23.5 Å². The van der Waals surface area contributed by atoms with Crippen LogP contribution in [-0.4, -0.2) is 10.8 Å². The number of rotatable bonds is 3. The van der Waals surface area contributed by atoms with E-state index in [0.29, 0.717) is 12.1 Å². The van der Waals surface area contributed by atoms with Crippen LogP contribution < -0.4 is 0 Å². The Morgan fingerprint density at radius 1 is 1.47 bits per heavy atom. The SMILES string of the molecule is CCC(C#N)C(=O)c1ccc(C(C)(C)C)cn1. The summed E-state index contributed by atoms with van der Waals surface area (Å²) in [6.45, 7) is 8.11. The molecule has 0 N–H and O–H groups in total. The minimum atomic E-state index is -0.581. The Bertz CT molecular complexity index is 435. The van der Waals surface area contributed by atoms with Crippen LogP contribution in [0.25, 0.3) is 0 Å². The first kappa shape index (κ1) is 13.4. The van der Waals surface area contributed by atoms with Gasteiger partial charge >= 0.3 is 0 Å². The average Bonchev–Trinajstić information content (AvgIpc) is 2.29. The molecule has 0 radical (unpaired) electrons. The van der Waals surface area contributed by atoms with Gasteiger partial charge in [0, 0.05) is 6.20 Å². The molecule has 0 aliphatic rings. The maximum Gasteiger partial charge on any atom is 0.198 e. The fraction of sp³-hybridized carbons (Fsp3) is 0.500. The molecule has 0 amide bonds. The van der Waals surface area contributed by atoms with Crippen molar-refractivity contribution in [3.63, 3.8) is 0 Å². The third-order valence-electron chi connectivity index (χ3n) is 2.76. The molecule has 0 saturated carbocycles. The van der Waals surface area contributed by atoms with Crippen molar-refractivity contribution in [2.24, 2.45) is 5.92 Å². The normalized spacial score (nSPS) is 12.9. The molecule has 1 aromatic rings. The van der Waals surface area contributed by atoms with Crippen molar-refractivity contribution in [1.82, 2.24) is 4.98 Å². The average molecular weight is 230 g/mol. The van der Waals surface area contributed by atoms with E-state index in [1.165, 1.54) is 0 Å². The van der Waals surface area contributed by atoms with E-state index in [1.807, 2.05) is 19.1 Å². The summed E-state index contributed by atoms with van der Waals surface area (Å²) in [6, 6.07) is 5.62. The Morgan fingerprint density at radius 2 is 2.12 bits per heavy atom. The van der Waals surface area contributed by atoms with Crippen LogP contribution in [0.15, 0.2) is 18.3 Å². The number of nitrogens with zero attached hydrogens (tertiary/aromatic N) is 2. The maximum atomic E-state index is 11.9. The van der Waals surface area contributed by atoms with Crippen LogP contribution in [0.1, 0.15) is 50.2 Å². The first-order valence-electron chi connectivity index (χ1n) is 5.80. The van der Waals surface area contributed by atoms with Crippen molar-refractivity contribution in [3.8, 4) is 6.07 Å². The molecule has 0 spiro atoms. The van der Waals surface area contributed by atoms with Crippen molar-refractivity contribution >= 4 is 5.78 Å². The molecule has 3 heteroatoms. The standard InChI is InChI=1S/C14H18N2O/c1-5-10(8-15)13(17)12-7-6-11(9-16-12)14(2,3)4/h6-7,9-10H,5H2,1-4H3. The van der Waals surface area contributed by atoms with Gasteiger partial charge in [0.2, 0.25) is 0 Å². The number of nitriles is 1. The number of hydrogen-bond donors (Lipinski definition) is 0. The zero-order valence-electron chi connectivity index (χ0n) is 10.8. The van der Waals surface area contributed by atoms with Crippen molar-refractivity contribution in [1.29, 1.82) is 5.26 Å². The van der Waals surface area contributed by atoms with Gasteiger partial charge < -0.3 is 0 Å². The van der Waals surface area contributed by atoms with Crippen LogP contribution in [0, 0.1) is 17.2 Å². The highest BCUT2D eigenvalue weighted by Gasteiger charge is 2.20. The fourth-order valence-corrected chi connectivity index (χ4v) is 1.50. The molecule has 0 aliphatic heterocycles. The van der Waals surface area contributed by atoms with E-state index in [9.17, 15) is 4.79 Å². The lowest BCUT2D eigenvalue weighted by atomic mass is 9.88. The van der Waals surface area contributed by atoms with Gasteiger partial charge in [-0.1, -0.05) is 33.8 Å². The minimum absolute atomic E-state index is 0.0218. The van der Waals surface area contributed by atoms with Crippen molar-refractivity contribution in [2.75, 3.05) is 0 Å². The molecule has 3 nitrogen and oxygen atoms in total. The molecule has 1 rings (SSSR count). The number of carbonyl (C=O) groups is 1. The Morgan fingerprint density at radius 3 is 2.47 bits per heavy atom. The quantitative estimate of drug-likeness (QED) is 0.750. The van der Waals surface area contributed by atoms with E-state index in [2.05, 4.69) is 25.8 Å². The van der Waals surface area contributed by atoms with E-state index in [4.69, 9.17) is 5.26 Å².